The van der Waals surface area contributed by atoms with Gasteiger partial charge in [-0.15, -0.1) is 0 Å². The van der Waals surface area contributed by atoms with Crippen LogP contribution in [0.25, 0.3) is 0 Å². The lowest BCUT2D eigenvalue weighted by atomic mass is 10.1. The predicted octanol–water partition coefficient (Wildman–Crippen LogP) is 2.08. The van der Waals surface area contributed by atoms with Gasteiger partial charge in [0.05, 0.1) is 6.07 Å². The van der Waals surface area contributed by atoms with Crippen LogP contribution in [0.5, 0.6) is 0 Å². The van der Waals surface area contributed by atoms with E-state index in [0.29, 0.717) is 5.69 Å². The quantitative estimate of drug-likeness (QED) is 0.888. The molecular weight excluding hydrogens is 226 g/mol. The van der Waals surface area contributed by atoms with E-state index >= 15 is 0 Å². The lowest BCUT2D eigenvalue weighted by Gasteiger charge is -2.11. The Morgan fingerprint density at radius 1 is 1.17 bits per heavy atom. The average molecular weight is 237 g/mol. The molecule has 0 bridgehead atoms. The Kier molecular flexibility index (Phi) is 3.67. The Morgan fingerprint density at radius 2 is 1.89 bits per heavy atom. The lowest BCUT2D eigenvalue weighted by molar-refractivity contribution is 0.0940. The van der Waals surface area contributed by atoms with Crippen LogP contribution in [0.2, 0.25) is 0 Å². The lowest BCUT2D eigenvalue weighted by Crippen LogP contribution is -2.28. The van der Waals surface area contributed by atoms with Gasteiger partial charge < -0.3 is 5.32 Å². The summed E-state index contributed by atoms with van der Waals surface area (Å²) < 4.78 is 0. The topological polar surface area (TPSA) is 65.8 Å². The van der Waals surface area contributed by atoms with Crippen LogP contribution in [0.15, 0.2) is 54.7 Å². The first-order chi connectivity index (χ1) is 8.81. The summed E-state index contributed by atoms with van der Waals surface area (Å²) in [4.78, 5) is 15.8. The third kappa shape index (κ3) is 2.71. The van der Waals surface area contributed by atoms with Crippen molar-refractivity contribution in [2.45, 2.75) is 6.04 Å². The highest BCUT2D eigenvalue weighted by molar-refractivity contribution is 5.92. The summed E-state index contributed by atoms with van der Waals surface area (Å²) in [6.45, 7) is 0. The fraction of sp³-hybridized carbons (Fsp3) is 0.0714. The normalized spacial score (nSPS) is 11.3. The van der Waals surface area contributed by atoms with E-state index in [9.17, 15) is 4.79 Å². The number of benzene rings is 1. The molecule has 0 saturated carbocycles. The summed E-state index contributed by atoms with van der Waals surface area (Å²) in [5.74, 6) is -0.356. The van der Waals surface area contributed by atoms with Crippen LogP contribution < -0.4 is 5.32 Å². The minimum atomic E-state index is -0.666. The van der Waals surface area contributed by atoms with Crippen molar-refractivity contribution in [3.63, 3.8) is 0 Å². The molecule has 1 aromatic carbocycles. The molecule has 0 unspecified atom stereocenters. The maximum atomic E-state index is 11.9. The first-order valence-corrected chi connectivity index (χ1v) is 5.47. The van der Waals surface area contributed by atoms with Crippen molar-refractivity contribution in [2.24, 2.45) is 0 Å². The van der Waals surface area contributed by atoms with Crippen LogP contribution >= 0.6 is 0 Å². The molecule has 4 heteroatoms. The number of amides is 1. The van der Waals surface area contributed by atoms with Gasteiger partial charge in [-0.25, -0.2) is 0 Å². The summed E-state index contributed by atoms with van der Waals surface area (Å²) >= 11 is 0. The molecule has 0 saturated heterocycles. The molecule has 1 N–H and O–H groups in total. The SMILES string of the molecule is N#C[C@H](NC(=O)c1ccccn1)c1ccccc1. The molecule has 0 aliphatic carbocycles. The summed E-state index contributed by atoms with van der Waals surface area (Å²) in [5, 5.41) is 11.7. The van der Waals surface area contributed by atoms with Gasteiger partial charge in [0.25, 0.3) is 5.91 Å². The van der Waals surface area contributed by atoms with E-state index in [1.54, 1.807) is 36.5 Å². The standard InChI is InChI=1S/C14H11N3O/c15-10-13(11-6-2-1-3-7-11)17-14(18)12-8-4-5-9-16-12/h1-9,13H,(H,17,18)/t13-/m0/s1. The fourth-order valence-electron chi connectivity index (χ4n) is 1.54. The Morgan fingerprint density at radius 3 is 2.50 bits per heavy atom. The van der Waals surface area contributed by atoms with Crippen LogP contribution in [0.1, 0.15) is 22.1 Å². The van der Waals surface area contributed by atoms with Gasteiger partial charge in [0, 0.05) is 6.20 Å². The van der Waals surface area contributed by atoms with Crippen LogP contribution in [0.4, 0.5) is 0 Å². The number of nitrogens with one attached hydrogen (secondary N) is 1. The van der Waals surface area contributed by atoms with Crippen molar-refractivity contribution in [1.82, 2.24) is 10.3 Å². The summed E-state index contributed by atoms with van der Waals surface area (Å²) in [5.41, 5.74) is 1.05. The highest BCUT2D eigenvalue weighted by Gasteiger charge is 2.15. The second kappa shape index (κ2) is 5.60. The number of carbonyl (C=O) groups is 1. The van der Waals surface area contributed by atoms with E-state index in [4.69, 9.17) is 5.26 Å². The van der Waals surface area contributed by atoms with Gasteiger partial charge in [-0.1, -0.05) is 36.4 Å². The smallest absolute Gasteiger partial charge is 0.271 e. The molecule has 1 amide bonds. The second-order valence-electron chi connectivity index (χ2n) is 3.66. The molecule has 0 aliphatic heterocycles. The maximum absolute atomic E-state index is 11.9. The molecule has 0 aliphatic rings. The van der Waals surface area contributed by atoms with E-state index in [-0.39, 0.29) is 5.91 Å². The Balaban J connectivity index is 2.14. The van der Waals surface area contributed by atoms with Crippen LogP contribution in [0.3, 0.4) is 0 Å². The fourth-order valence-corrected chi connectivity index (χ4v) is 1.54. The number of nitrogens with zero attached hydrogens (tertiary/aromatic N) is 2. The van der Waals surface area contributed by atoms with Crippen molar-refractivity contribution in [3.8, 4) is 6.07 Å². The highest BCUT2D eigenvalue weighted by atomic mass is 16.1. The van der Waals surface area contributed by atoms with Crippen LogP contribution in [-0.2, 0) is 0 Å². The van der Waals surface area contributed by atoms with Gasteiger partial charge in [0.1, 0.15) is 11.7 Å². The molecule has 1 aromatic heterocycles. The van der Waals surface area contributed by atoms with Gasteiger partial charge >= 0.3 is 0 Å². The minimum absolute atomic E-state index is 0.300. The van der Waals surface area contributed by atoms with Crippen molar-refractivity contribution >= 4 is 5.91 Å². The van der Waals surface area contributed by atoms with E-state index in [1.165, 1.54) is 0 Å². The van der Waals surface area contributed by atoms with E-state index in [2.05, 4.69) is 16.4 Å². The first-order valence-electron chi connectivity index (χ1n) is 5.47. The molecule has 88 valence electrons. The van der Waals surface area contributed by atoms with Crippen molar-refractivity contribution in [3.05, 3.63) is 66.0 Å². The van der Waals surface area contributed by atoms with Gasteiger partial charge in [0.15, 0.2) is 0 Å². The molecule has 0 fully saturated rings. The third-order valence-electron chi connectivity index (χ3n) is 2.43. The largest absolute Gasteiger partial charge is 0.331 e. The van der Waals surface area contributed by atoms with E-state index in [0.717, 1.165) is 5.56 Å². The van der Waals surface area contributed by atoms with Gasteiger partial charge in [-0.05, 0) is 17.7 Å². The van der Waals surface area contributed by atoms with E-state index in [1.807, 2.05) is 18.2 Å². The molecule has 1 heterocycles. The molecule has 2 aromatic rings. The Bertz CT molecular complexity index is 561. The van der Waals surface area contributed by atoms with Crippen molar-refractivity contribution in [2.75, 3.05) is 0 Å². The van der Waals surface area contributed by atoms with Gasteiger partial charge in [-0.2, -0.15) is 5.26 Å². The van der Waals surface area contributed by atoms with Crippen molar-refractivity contribution < 1.29 is 4.79 Å². The molecule has 0 radical (unpaired) electrons. The molecule has 2 rings (SSSR count). The minimum Gasteiger partial charge on any atom is -0.331 e. The number of rotatable bonds is 3. The van der Waals surface area contributed by atoms with E-state index < -0.39 is 6.04 Å². The molecule has 0 spiro atoms. The zero-order valence-electron chi connectivity index (χ0n) is 9.58. The van der Waals surface area contributed by atoms with Crippen LogP contribution in [-0.4, -0.2) is 10.9 Å². The van der Waals surface area contributed by atoms with Crippen molar-refractivity contribution in [1.29, 1.82) is 5.26 Å². The number of hydrogen-bond donors (Lipinski definition) is 1. The predicted molar refractivity (Wildman–Crippen MR) is 66.5 cm³/mol. The summed E-state index contributed by atoms with van der Waals surface area (Å²) in [7, 11) is 0. The van der Waals surface area contributed by atoms with Crippen LogP contribution in [0, 0.1) is 11.3 Å². The van der Waals surface area contributed by atoms with Gasteiger partial charge in [0.2, 0.25) is 0 Å². The number of carbonyl (C=O) groups excluding carboxylic acids is 1. The first kappa shape index (κ1) is 11.8. The molecule has 18 heavy (non-hydrogen) atoms. The molecule has 4 nitrogen and oxygen atoms in total. The number of nitriles is 1. The zero-order chi connectivity index (χ0) is 12.8. The zero-order valence-corrected chi connectivity index (χ0v) is 9.58. The number of aromatic nitrogens is 1. The monoisotopic (exact) mass is 237 g/mol. The molecule has 1 atom stereocenters. The third-order valence-corrected chi connectivity index (χ3v) is 2.43. The summed E-state index contributed by atoms with van der Waals surface area (Å²) in [6, 6.07) is 15.6. The maximum Gasteiger partial charge on any atom is 0.271 e. The number of pyridine rings is 1. The Labute approximate surface area is 105 Å². The highest BCUT2D eigenvalue weighted by Crippen LogP contribution is 2.11. The number of hydrogen-bond acceptors (Lipinski definition) is 3. The average Bonchev–Trinajstić information content (AvgIpc) is 2.46. The Hall–Kier alpha value is -2.67. The molecular formula is C14H11N3O. The second-order valence-corrected chi connectivity index (χ2v) is 3.66. The summed E-state index contributed by atoms with van der Waals surface area (Å²) in [6.07, 6.45) is 1.54. The van der Waals surface area contributed by atoms with Gasteiger partial charge in [-0.3, -0.25) is 9.78 Å².